The molecule has 150 valence electrons. The van der Waals surface area contributed by atoms with E-state index in [1.165, 1.54) is 11.6 Å². The first-order chi connectivity index (χ1) is 13.3. The maximum Gasteiger partial charge on any atom is 0.332 e. The van der Waals surface area contributed by atoms with Crippen LogP contribution in [0.3, 0.4) is 0 Å². The molecule has 1 aliphatic heterocycles. The fourth-order valence-electron chi connectivity index (χ4n) is 3.45. The molecule has 1 saturated heterocycles. The molecule has 1 aliphatic rings. The Morgan fingerprint density at radius 1 is 1.21 bits per heavy atom. The predicted molar refractivity (Wildman–Crippen MR) is 113 cm³/mol. The number of rotatable bonds is 5. The zero-order chi connectivity index (χ0) is 20.4. The van der Waals surface area contributed by atoms with Crippen LogP contribution in [0.25, 0.3) is 0 Å². The monoisotopic (exact) mass is 402 g/mol. The molecule has 0 saturated carbocycles. The third kappa shape index (κ3) is 3.93. The Labute approximate surface area is 168 Å². The van der Waals surface area contributed by atoms with Crippen molar-refractivity contribution in [1.29, 1.82) is 0 Å². The number of carbonyl (C=O) groups is 1. The second kappa shape index (κ2) is 8.36. The highest BCUT2D eigenvalue weighted by Gasteiger charge is 2.29. The van der Waals surface area contributed by atoms with Crippen LogP contribution < -0.4 is 17.0 Å². The molecule has 1 aromatic carbocycles. The van der Waals surface area contributed by atoms with Crippen molar-refractivity contribution in [1.82, 2.24) is 14.0 Å². The molecular formula is C20H26N4O3S. The Hall–Kier alpha value is -2.32. The number of nitrogens with zero attached hydrogens (tertiary/aromatic N) is 3. The van der Waals surface area contributed by atoms with E-state index in [2.05, 4.69) is 18.7 Å². The number of aromatic nitrogens is 2. The number of nitrogen functional groups attached to an aromatic ring is 1. The molecular weight excluding hydrogens is 376 g/mol. The minimum Gasteiger partial charge on any atom is -0.384 e. The van der Waals surface area contributed by atoms with E-state index in [4.69, 9.17) is 5.73 Å². The van der Waals surface area contributed by atoms with E-state index in [1.54, 1.807) is 0 Å². The van der Waals surface area contributed by atoms with Gasteiger partial charge in [0.1, 0.15) is 11.4 Å². The Balaban J connectivity index is 1.97. The molecule has 1 aromatic heterocycles. The number of Topliss-reactive ketones (excluding diaryl/α,β-unsaturated/α-hetero) is 1. The maximum absolute atomic E-state index is 13.0. The Morgan fingerprint density at radius 3 is 2.57 bits per heavy atom. The van der Waals surface area contributed by atoms with Gasteiger partial charge in [-0.15, -0.1) is 0 Å². The largest absolute Gasteiger partial charge is 0.384 e. The van der Waals surface area contributed by atoms with Gasteiger partial charge in [-0.2, -0.15) is 11.8 Å². The minimum absolute atomic E-state index is 0.0611. The number of benzene rings is 1. The lowest BCUT2D eigenvalue weighted by atomic mass is 10.1. The van der Waals surface area contributed by atoms with Crippen molar-refractivity contribution in [2.24, 2.45) is 7.05 Å². The summed E-state index contributed by atoms with van der Waals surface area (Å²) in [4.78, 5) is 40.4. The topological polar surface area (TPSA) is 90.3 Å². The second-order valence-corrected chi connectivity index (χ2v) is 8.67. The van der Waals surface area contributed by atoms with Gasteiger partial charge in [0.2, 0.25) is 0 Å². The smallest absolute Gasteiger partial charge is 0.332 e. The molecule has 7 nitrogen and oxygen atoms in total. The van der Waals surface area contributed by atoms with E-state index >= 15 is 0 Å². The molecule has 2 atom stereocenters. The quantitative estimate of drug-likeness (QED) is 0.756. The van der Waals surface area contributed by atoms with E-state index in [-0.39, 0.29) is 36.3 Å². The number of ketones is 1. The van der Waals surface area contributed by atoms with Gasteiger partial charge in [0.05, 0.1) is 13.1 Å². The molecule has 1 fully saturated rings. The van der Waals surface area contributed by atoms with Crippen LogP contribution in [-0.2, 0) is 13.6 Å². The minimum atomic E-state index is -0.635. The Kier molecular flexibility index (Phi) is 6.10. The fourth-order valence-corrected chi connectivity index (χ4v) is 4.61. The molecule has 2 unspecified atom stereocenters. The third-order valence-electron chi connectivity index (χ3n) is 5.41. The summed E-state index contributed by atoms with van der Waals surface area (Å²) < 4.78 is 2.26. The number of anilines is 1. The third-order valence-corrected chi connectivity index (χ3v) is 6.74. The van der Waals surface area contributed by atoms with Crippen molar-refractivity contribution >= 4 is 23.4 Å². The van der Waals surface area contributed by atoms with Crippen LogP contribution in [0.2, 0.25) is 0 Å². The van der Waals surface area contributed by atoms with Gasteiger partial charge < -0.3 is 5.73 Å². The van der Waals surface area contributed by atoms with Gasteiger partial charge in [0.15, 0.2) is 5.78 Å². The first kappa shape index (κ1) is 20.4. The summed E-state index contributed by atoms with van der Waals surface area (Å²) in [7, 11) is 1.38. The molecule has 3 rings (SSSR count). The van der Waals surface area contributed by atoms with Crippen molar-refractivity contribution in [3.05, 3.63) is 62.3 Å². The van der Waals surface area contributed by atoms with Gasteiger partial charge in [-0.05, 0) is 12.5 Å². The molecule has 2 N–H and O–H groups in total. The molecule has 0 spiro atoms. The summed E-state index contributed by atoms with van der Waals surface area (Å²) in [5.41, 5.74) is 5.78. The number of hydrogen-bond donors (Lipinski definition) is 1. The van der Waals surface area contributed by atoms with Crippen molar-refractivity contribution in [2.75, 3.05) is 24.6 Å². The van der Waals surface area contributed by atoms with Crippen LogP contribution in [0.5, 0.6) is 0 Å². The van der Waals surface area contributed by atoms with Gasteiger partial charge in [-0.1, -0.05) is 37.3 Å². The molecule has 2 aromatic rings. The highest BCUT2D eigenvalue weighted by Crippen LogP contribution is 2.24. The van der Waals surface area contributed by atoms with Crippen LogP contribution in [0, 0.1) is 0 Å². The summed E-state index contributed by atoms with van der Waals surface area (Å²) in [5.74, 6) is 0.541. The van der Waals surface area contributed by atoms with E-state index in [1.807, 2.05) is 42.1 Å². The standard InChI is InChI=1S/C20H26N4O3S/c1-13-14(2)28-10-9-23(13)12-16(25)17-18(21)24(20(27)22(3)19(17)26)11-15-7-5-4-6-8-15/h4-8,13-14H,9-12,21H2,1-3H3. The second-order valence-electron chi connectivity index (χ2n) is 7.19. The average molecular weight is 403 g/mol. The molecule has 8 heteroatoms. The average Bonchev–Trinajstić information content (AvgIpc) is 2.68. The summed E-state index contributed by atoms with van der Waals surface area (Å²) in [5, 5.41) is 0.411. The molecule has 28 heavy (non-hydrogen) atoms. The number of thioether (sulfide) groups is 1. The van der Waals surface area contributed by atoms with Crippen LogP contribution >= 0.6 is 11.8 Å². The first-order valence-electron chi connectivity index (χ1n) is 9.33. The van der Waals surface area contributed by atoms with Gasteiger partial charge in [-0.3, -0.25) is 23.6 Å². The van der Waals surface area contributed by atoms with Crippen molar-refractivity contribution in [3.8, 4) is 0 Å². The Bertz CT molecular complexity index is 983. The van der Waals surface area contributed by atoms with Gasteiger partial charge >= 0.3 is 5.69 Å². The highest BCUT2D eigenvalue weighted by molar-refractivity contribution is 8.00. The van der Waals surface area contributed by atoms with E-state index in [0.29, 0.717) is 5.25 Å². The molecule has 0 bridgehead atoms. The van der Waals surface area contributed by atoms with E-state index in [9.17, 15) is 14.4 Å². The summed E-state index contributed by atoms with van der Waals surface area (Å²) in [6.45, 7) is 5.33. The highest BCUT2D eigenvalue weighted by atomic mass is 32.2. The number of nitrogens with two attached hydrogens (primary N) is 1. The zero-order valence-corrected chi connectivity index (χ0v) is 17.2. The van der Waals surface area contributed by atoms with Crippen molar-refractivity contribution in [3.63, 3.8) is 0 Å². The summed E-state index contributed by atoms with van der Waals surface area (Å²) in [6.07, 6.45) is 0. The normalized spacial score (nSPS) is 20.2. The predicted octanol–water partition coefficient (Wildman–Crippen LogP) is 1.19. The van der Waals surface area contributed by atoms with Crippen molar-refractivity contribution in [2.45, 2.75) is 31.7 Å². The lowest BCUT2D eigenvalue weighted by Crippen LogP contribution is -2.49. The summed E-state index contributed by atoms with van der Waals surface area (Å²) in [6, 6.07) is 9.57. The van der Waals surface area contributed by atoms with Crippen LogP contribution in [0.4, 0.5) is 5.82 Å². The van der Waals surface area contributed by atoms with E-state index in [0.717, 1.165) is 22.4 Å². The van der Waals surface area contributed by atoms with Gasteiger partial charge in [0.25, 0.3) is 5.56 Å². The molecule has 0 aliphatic carbocycles. The van der Waals surface area contributed by atoms with Crippen LogP contribution in [-0.4, -0.2) is 50.0 Å². The molecule has 0 amide bonds. The Morgan fingerprint density at radius 2 is 1.89 bits per heavy atom. The number of carbonyl (C=O) groups excluding carboxylic acids is 1. The lowest BCUT2D eigenvalue weighted by molar-refractivity contribution is 0.0900. The number of hydrogen-bond acceptors (Lipinski definition) is 6. The van der Waals surface area contributed by atoms with Crippen LogP contribution in [0.15, 0.2) is 39.9 Å². The van der Waals surface area contributed by atoms with Gasteiger partial charge in [0, 0.05) is 30.6 Å². The fraction of sp³-hybridized carbons (Fsp3) is 0.450. The summed E-state index contributed by atoms with van der Waals surface area (Å²) >= 11 is 1.88. The van der Waals surface area contributed by atoms with Crippen LogP contribution in [0.1, 0.15) is 29.8 Å². The molecule has 2 heterocycles. The molecule has 0 radical (unpaired) electrons. The maximum atomic E-state index is 13.0. The SMILES string of the molecule is CC1SCCN(CC(=O)c2c(N)n(Cc3ccccc3)c(=O)n(C)c2=O)C1C. The van der Waals surface area contributed by atoms with Gasteiger partial charge in [-0.25, -0.2) is 4.79 Å². The van der Waals surface area contributed by atoms with Crippen molar-refractivity contribution < 1.29 is 4.79 Å². The van der Waals surface area contributed by atoms with E-state index < -0.39 is 11.2 Å². The zero-order valence-electron chi connectivity index (χ0n) is 16.4. The first-order valence-corrected chi connectivity index (χ1v) is 10.4. The lowest BCUT2D eigenvalue weighted by Gasteiger charge is -2.36.